The van der Waals surface area contributed by atoms with Crippen LogP contribution in [0.1, 0.15) is 5.56 Å². The summed E-state index contributed by atoms with van der Waals surface area (Å²) in [5.74, 6) is 1.36. The summed E-state index contributed by atoms with van der Waals surface area (Å²) in [5.41, 5.74) is 28.2. The first-order chi connectivity index (χ1) is 44.6. The van der Waals surface area contributed by atoms with Crippen LogP contribution in [0.2, 0.25) is 0 Å². The van der Waals surface area contributed by atoms with E-state index in [0.29, 0.717) is 18.2 Å². The molecular weight excluding hydrogens is 1090 g/mol. The lowest BCUT2D eigenvalue weighted by molar-refractivity contribution is -0.734. The molecule has 3 aromatic heterocycles. The molecule has 0 spiro atoms. The lowest BCUT2D eigenvalue weighted by atomic mass is 9.88. The summed E-state index contributed by atoms with van der Waals surface area (Å²) in [7, 11) is 0. The predicted molar refractivity (Wildman–Crippen MR) is 367 cm³/mol. The molecule has 0 fully saturated rings. The van der Waals surface area contributed by atoms with Gasteiger partial charge in [-0.25, -0.2) is 19.9 Å². The fraction of sp³-hybridized carbons (Fsp3) is 0.0119. The van der Waals surface area contributed by atoms with Gasteiger partial charge in [-0.3, -0.25) is 4.68 Å². The molecule has 18 rings (SSSR count). The summed E-state index contributed by atoms with van der Waals surface area (Å²) in [4.78, 5) is 20.6. The van der Waals surface area contributed by atoms with E-state index in [1.54, 1.807) is 0 Å². The fourth-order valence-electron chi connectivity index (χ4n) is 14.0. The van der Waals surface area contributed by atoms with Gasteiger partial charge in [0.25, 0.3) is 0 Å². The third-order valence-corrected chi connectivity index (χ3v) is 18.2. The number of rotatable bonds is 11. The number of fused-ring (bicyclic) bond motifs is 7. The van der Waals surface area contributed by atoms with Crippen molar-refractivity contribution in [2.45, 2.75) is 6.54 Å². The van der Waals surface area contributed by atoms with E-state index < -0.39 is 0 Å². The zero-order valence-corrected chi connectivity index (χ0v) is 48.8. The smallest absolute Gasteiger partial charge is 0.209 e. The van der Waals surface area contributed by atoms with Crippen LogP contribution in [0.5, 0.6) is 0 Å². The lowest BCUT2D eigenvalue weighted by Crippen LogP contribution is -2.39. The Morgan fingerprint density at radius 2 is 0.611 bits per heavy atom. The van der Waals surface area contributed by atoms with Crippen LogP contribution < -0.4 is 9.78 Å². The van der Waals surface area contributed by atoms with E-state index in [9.17, 15) is 0 Å². The molecule has 0 radical (unpaired) electrons. The van der Waals surface area contributed by atoms with Crippen molar-refractivity contribution < 1.29 is 4.68 Å². The van der Waals surface area contributed by atoms with Gasteiger partial charge in [0.05, 0.1) is 22.8 Å². The van der Waals surface area contributed by atoms with E-state index in [1.807, 2.05) is 48.5 Å². The maximum absolute atomic E-state index is 5.85. The maximum Gasteiger partial charge on any atom is 0.209 e. The van der Waals surface area contributed by atoms with Crippen LogP contribution in [-0.4, -0.2) is 19.9 Å². The molecule has 0 saturated carbocycles. The van der Waals surface area contributed by atoms with E-state index in [0.717, 1.165) is 101 Å². The highest BCUT2D eigenvalue weighted by atomic mass is 15.3. The van der Waals surface area contributed by atoms with E-state index in [-0.39, 0.29) is 0 Å². The van der Waals surface area contributed by atoms with Crippen molar-refractivity contribution >= 4 is 32.4 Å². The number of hydrogen-bond donors (Lipinski definition) is 0. The van der Waals surface area contributed by atoms with Gasteiger partial charge in [0, 0.05) is 49.9 Å². The van der Waals surface area contributed by atoms with Crippen LogP contribution in [0.4, 0.5) is 0 Å². The predicted octanol–water partition coefficient (Wildman–Crippen LogP) is 20.3. The Bertz CT molecular complexity index is 5350. The summed E-state index contributed by atoms with van der Waals surface area (Å²) >= 11 is 0. The number of hydrogen-bond acceptors (Lipinski definition) is 4. The van der Waals surface area contributed by atoms with Crippen LogP contribution in [-0.2, 0) is 6.54 Å². The zero-order chi connectivity index (χ0) is 59.2. The average molecular weight is 1150 g/mol. The monoisotopic (exact) mass is 1140 g/mol. The minimum Gasteiger partial charge on any atom is -0.408 e. The first-order valence-corrected chi connectivity index (χ1v) is 30.7. The first-order valence-electron chi connectivity index (χ1n) is 30.7. The minimum atomic E-state index is 0.500. The van der Waals surface area contributed by atoms with Crippen LogP contribution in [0, 0.1) is 0 Å². The summed E-state index contributed by atoms with van der Waals surface area (Å²) in [6, 6.07) is 109. The highest BCUT2D eigenvalue weighted by Crippen LogP contribution is 2.53. The van der Waals surface area contributed by atoms with Crippen molar-refractivity contribution in [3.63, 3.8) is 0 Å². The van der Waals surface area contributed by atoms with Crippen molar-refractivity contribution in [1.29, 1.82) is 0 Å². The Labute approximate surface area is 520 Å². The lowest BCUT2D eigenvalue weighted by Gasteiger charge is -2.16. The van der Waals surface area contributed by atoms with Crippen molar-refractivity contribution in [3.8, 4) is 146 Å². The Balaban J connectivity index is 0.843. The summed E-state index contributed by atoms with van der Waals surface area (Å²) < 4.78 is 2.24. The van der Waals surface area contributed by atoms with Gasteiger partial charge < -0.3 is 5.10 Å². The number of benzene rings is 13. The Morgan fingerprint density at radius 3 is 1.09 bits per heavy atom. The third kappa shape index (κ3) is 8.52. The van der Waals surface area contributed by atoms with Crippen molar-refractivity contribution in [1.82, 2.24) is 25.0 Å². The van der Waals surface area contributed by atoms with Crippen molar-refractivity contribution in [3.05, 3.63) is 309 Å². The largest absolute Gasteiger partial charge is 0.408 e. The number of aromatic nitrogens is 6. The molecule has 13 aromatic carbocycles. The molecular formula is C84H52N6. The van der Waals surface area contributed by atoms with Gasteiger partial charge in [0.1, 0.15) is 0 Å². The SMILES string of the molecule is c1ccc(-c2cc(-c3ccc(C[n+]4[n-]c5c(-c6ccc7c8c(cccc68)-c6ccccc6-7)cc(-c6ccc7c8c(cccc68)-c6ccccc6-7)cc5c4-c4ccc(-c5cc(-c6ccccc6)nc(-c6ccccc6)n5)cc4)cc3)nc(-c3ccccc3)n2)cc1. The van der Waals surface area contributed by atoms with Crippen molar-refractivity contribution in [2.24, 2.45) is 0 Å². The average Bonchev–Trinajstić information content (AvgIpc) is 1.59. The van der Waals surface area contributed by atoms with Gasteiger partial charge in [-0.05, 0) is 125 Å². The normalized spacial score (nSPS) is 11.8. The fourth-order valence-corrected chi connectivity index (χ4v) is 14.0. The van der Waals surface area contributed by atoms with Crippen LogP contribution >= 0.6 is 0 Å². The molecule has 0 unspecified atom stereocenters. The van der Waals surface area contributed by atoms with Gasteiger partial charge in [-0.1, -0.05) is 272 Å². The van der Waals surface area contributed by atoms with E-state index in [2.05, 4.69) is 259 Å². The standard InChI is InChI=1S/C84H52N6/c1-5-19-53(20-6-1)75-49-77(87-83(85-75)58-23-9-3-10-24-58)55-37-35-52(36-38-55)51-90-82(57-41-39-56(40-42-57)78-50-76(54-21-7-2-8-22-54)86-84(88-78)59-25-11-4-12-26-59)74-48-60(61-43-45-71-64-29-15-13-27-62(64)68-32-17-31-67(61)79(68)71)47-73(81(74)89-90)66-44-46-72-65-30-16-14-28-63(65)69-33-18-34-70(66)80(69)72/h1-50H,51H2. The highest BCUT2D eigenvalue weighted by molar-refractivity contribution is 6.22. The van der Waals surface area contributed by atoms with Crippen LogP contribution in [0.3, 0.4) is 0 Å². The van der Waals surface area contributed by atoms with Crippen LogP contribution in [0.25, 0.3) is 178 Å². The van der Waals surface area contributed by atoms with Gasteiger partial charge in [-0.2, -0.15) is 0 Å². The summed E-state index contributed by atoms with van der Waals surface area (Å²) in [5, 5.41) is 11.9. The minimum absolute atomic E-state index is 0.500. The Kier molecular flexibility index (Phi) is 11.9. The second-order valence-electron chi connectivity index (χ2n) is 23.5. The molecule has 418 valence electrons. The van der Waals surface area contributed by atoms with Crippen LogP contribution in [0.15, 0.2) is 303 Å². The molecule has 90 heavy (non-hydrogen) atoms. The second kappa shape index (κ2) is 20.9. The Morgan fingerprint density at radius 1 is 0.244 bits per heavy atom. The molecule has 3 heterocycles. The molecule has 0 aliphatic heterocycles. The maximum atomic E-state index is 5.85. The number of nitrogens with zero attached hydrogens (tertiary/aromatic N) is 6. The zero-order valence-electron chi connectivity index (χ0n) is 48.8. The third-order valence-electron chi connectivity index (χ3n) is 18.2. The van der Waals surface area contributed by atoms with Gasteiger partial charge in [0.2, 0.25) is 5.69 Å². The molecule has 0 N–H and O–H groups in total. The van der Waals surface area contributed by atoms with E-state index in [4.69, 9.17) is 25.0 Å². The molecule has 0 saturated heterocycles. The van der Waals surface area contributed by atoms with Crippen molar-refractivity contribution in [2.75, 3.05) is 0 Å². The molecule has 0 amide bonds. The van der Waals surface area contributed by atoms with Gasteiger partial charge >= 0.3 is 0 Å². The van der Waals surface area contributed by atoms with Gasteiger partial charge in [-0.15, -0.1) is 0 Å². The molecule has 0 bridgehead atoms. The summed E-state index contributed by atoms with van der Waals surface area (Å²) in [6.45, 7) is 0.500. The Hall–Kier alpha value is -12.0. The van der Waals surface area contributed by atoms with Gasteiger partial charge in [0.15, 0.2) is 18.2 Å². The highest BCUT2D eigenvalue weighted by Gasteiger charge is 2.28. The molecule has 6 heteroatoms. The first kappa shape index (κ1) is 51.3. The molecule has 6 nitrogen and oxygen atoms in total. The molecule has 16 aromatic rings. The molecule has 2 aliphatic carbocycles. The van der Waals surface area contributed by atoms with E-state index in [1.165, 1.54) is 71.6 Å². The van der Waals surface area contributed by atoms with E-state index >= 15 is 0 Å². The molecule has 2 aliphatic rings. The molecule has 0 atom stereocenters. The second-order valence-corrected chi connectivity index (χ2v) is 23.5. The topological polar surface area (TPSA) is 69.5 Å². The summed E-state index contributed by atoms with van der Waals surface area (Å²) in [6.07, 6.45) is 0. The quantitative estimate of drug-likeness (QED) is 0.121.